The summed E-state index contributed by atoms with van der Waals surface area (Å²) in [6, 6.07) is 8.05. The number of aliphatic imine (C=N–C) groups is 1. The molecule has 3 N–H and O–H groups in total. The first-order valence-electron chi connectivity index (χ1n) is 8.50. The number of guanidine groups is 1. The molecule has 0 aliphatic rings. The lowest BCUT2D eigenvalue weighted by Gasteiger charge is -2.14. The zero-order valence-electron chi connectivity index (χ0n) is 15.9. The molecule has 2 rings (SSSR count). The maximum absolute atomic E-state index is 5.92. The van der Waals surface area contributed by atoms with Crippen LogP contribution >= 0.6 is 35.3 Å². The molecule has 7 heteroatoms. The van der Waals surface area contributed by atoms with Gasteiger partial charge < -0.3 is 15.8 Å². The Kier molecular flexibility index (Phi) is 9.35. The van der Waals surface area contributed by atoms with Crippen molar-refractivity contribution in [2.75, 3.05) is 20.2 Å². The minimum atomic E-state index is 0. The van der Waals surface area contributed by atoms with Crippen molar-refractivity contribution in [3.63, 3.8) is 0 Å². The number of nitrogens with two attached hydrogens (primary N) is 1. The number of nitrogens with zero attached hydrogens (tertiary/aromatic N) is 2. The quantitative estimate of drug-likeness (QED) is 0.354. The highest BCUT2D eigenvalue weighted by Crippen LogP contribution is 2.23. The Morgan fingerprint density at radius 2 is 1.92 bits per heavy atom. The molecular formula is C19H29IN4OS. The van der Waals surface area contributed by atoms with Gasteiger partial charge in [-0.1, -0.05) is 32.9 Å². The second-order valence-corrected chi connectivity index (χ2v) is 7.86. The van der Waals surface area contributed by atoms with E-state index in [1.54, 1.807) is 18.4 Å². The molecule has 5 nitrogen and oxygen atoms in total. The van der Waals surface area contributed by atoms with Crippen LogP contribution in [0.1, 0.15) is 37.0 Å². The van der Waals surface area contributed by atoms with E-state index in [0.29, 0.717) is 12.5 Å². The van der Waals surface area contributed by atoms with Crippen molar-refractivity contribution in [3.8, 4) is 5.75 Å². The van der Waals surface area contributed by atoms with Gasteiger partial charge in [-0.2, -0.15) is 0 Å². The molecule has 0 bridgehead atoms. The molecule has 0 saturated heterocycles. The molecule has 0 fully saturated rings. The summed E-state index contributed by atoms with van der Waals surface area (Å²) >= 11 is 1.69. The number of ether oxygens (including phenoxy) is 1. The zero-order valence-corrected chi connectivity index (χ0v) is 19.1. The fourth-order valence-electron chi connectivity index (χ4n) is 2.23. The highest BCUT2D eigenvalue weighted by Gasteiger charge is 2.17. The van der Waals surface area contributed by atoms with Crippen LogP contribution < -0.4 is 15.8 Å². The van der Waals surface area contributed by atoms with Crippen molar-refractivity contribution in [1.29, 1.82) is 0 Å². The number of nitrogens with one attached hydrogen (secondary N) is 1. The van der Waals surface area contributed by atoms with E-state index in [1.807, 2.05) is 12.1 Å². The Morgan fingerprint density at radius 3 is 2.50 bits per heavy atom. The van der Waals surface area contributed by atoms with Crippen molar-refractivity contribution < 1.29 is 4.74 Å². The lowest BCUT2D eigenvalue weighted by molar-refractivity contribution is 0.414. The minimum absolute atomic E-state index is 0. The molecule has 0 unspecified atom stereocenters. The van der Waals surface area contributed by atoms with Crippen LogP contribution in [0.5, 0.6) is 5.75 Å². The maximum Gasteiger partial charge on any atom is 0.188 e. The Bertz CT molecular complexity index is 692. The molecule has 0 atom stereocenters. The Labute approximate surface area is 177 Å². The van der Waals surface area contributed by atoms with Gasteiger partial charge in [0.05, 0.1) is 17.8 Å². The number of halogens is 1. The van der Waals surface area contributed by atoms with Crippen molar-refractivity contribution in [1.82, 2.24) is 10.3 Å². The standard InChI is InChI=1S/C19H28N4OS.HI/c1-19(2,3)16-13-25-17(23-16)10-12-22-18(20)21-11-9-14-5-7-15(24-4)8-6-14;/h5-8,13H,9-12H2,1-4H3,(H3,20,21,22);1H. The lowest BCUT2D eigenvalue weighted by Crippen LogP contribution is -2.33. The van der Waals surface area contributed by atoms with Crippen LogP contribution in [0.25, 0.3) is 0 Å². The zero-order chi connectivity index (χ0) is 18.3. The Hall–Kier alpha value is -1.35. The first-order valence-corrected chi connectivity index (χ1v) is 9.38. The van der Waals surface area contributed by atoms with Crippen LogP contribution in [-0.4, -0.2) is 31.1 Å². The van der Waals surface area contributed by atoms with Crippen LogP contribution in [0.4, 0.5) is 0 Å². The highest BCUT2D eigenvalue weighted by atomic mass is 127. The molecule has 0 saturated carbocycles. The number of methoxy groups -OCH3 is 1. The molecule has 2 aromatic rings. The van der Waals surface area contributed by atoms with Crippen molar-refractivity contribution in [2.24, 2.45) is 10.7 Å². The Balaban J connectivity index is 0.00000338. The van der Waals surface area contributed by atoms with Gasteiger partial charge in [-0.15, -0.1) is 35.3 Å². The van der Waals surface area contributed by atoms with E-state index in [2.05, 4.69) is 53.6 Å². The number of benzene rings is 1. The predicted octanol–water partition coefficient (Wildman–Crippen LogP) is 3.76. The summed E-state index contributed by atoms with van der Waals surface area (Å²) in [4.78, 5) is 9.05. The SMILES string of the molecule is COc1ccc(CCNC(N)=NCCc2nc(C(C)(C)C)cs2)cc1.I. The summed E-state index contributed by atoms with van der Waals surface area (Å²) in [5, 5.41) is 6.40. The fraction of sp³-hybridized carbons (Fsp3) is 0.474. The molecule has 0 spiro atoms. The normalized spacial score (nSPS) is 11.8. The average Bonchev–Trinajstić information content (AvgIpc) is 3.05. The van der Waals surface area contributed by atoms with E-state index in [-0.39, 0.29) is 29.4 Å². The van der Waals surface area contributed by atoms with Crippen molar-refractivity contribution in [3.05, 3.63) is 45.9 Å². The number of aromatic nitrogens is 1. The fourth-order valence-corrected chi connectivity index (χ4v) is 3.24. The summed E-state index contributed by atoms with van der Waals surface area (Å²) in [6.45, 7) is 7.93. The second kappa shape index (κ2) is 10.7. The third-order valence-electron chi connectivity index (χ3n) is 3.81. The van der Waals surface area contributed by atoms with Gasteiger partial charge >= 0.3 is 0 Å². The smallest absolute Gasteiger partial charge is 0.188 e. The minimum Gasteiger partial charge on any atom is -0.497 e. The molecule has 1 aromatic heterocycles. The van der Waals surface area contributed by atoms with Crippen LogP contribution in [0.3, 0.4) is 0 Å². The van der Waals surface area contributed by atoms with Crippen molar-refractivity contribution in [2.45, 2.75) is 39.0 Å². The third-order valence-corrected chi connectivity index (χ3v) is 4.72. The first-order chi connectivity index (χ1) is 11.9. The average molecular weight is 488 g/mol. The molecule has 144 valence electrons. The summed E-state index contributed by atoms with van der Waals surface area (Å²) in [6.07, 6.45) is 1.71. The molecule has 0 amide bonds. The maximum atomic E-state index is 5.92. The van der Waals surface area contributed by atoms with Crippen LogP contribution in [0.15, 0.2) is 34.6 Å². The molecule has 26 heavy (non-hydrogen) atoms. The van der Waals surface area contributed by atoms with E-state index < -0.39 is 0 Å². The van der Waals surface area contributed by atoms with Crippen LogP contribution in [-0.2, 0) is 18.3 Å². The lowest BCUT2D eigenvalue weighted by atomic mass is 9.93. The molecular weight excluding hydrogens is 459 g/mol. The van der Waals surface area contributed by atoms with Gasteiger partial charge in [0.1, 0.15) is 5.75 Å². The molecule has 0 aliphatic heterocycles. The molecule has 1 aromatic carbocycles. The third kappa shape index (κ3) is 7.49. The summed E-state index contributed by atoms with van der Waals surface area (Å²) in [5.74, 6) is 1.36. The van der Waals surface area contributed by atoms with Gasteiger partial charge in [-0.25, -0.2) is 4.98 Å². The van der Waals surface area contributed by atoms with Gasteiger partial charge in [-0.3, -0.25) is 4.99 Å². The topological polar surface area (TPSA) is 72.5 Å². The summed E-state index contributed by atoms with van der Waals surface area (Å²) in [7, 11) is 1.67. The van der Waals surface area contributed by atoms with Gasteiger partial charge in [0.25, 0.3) is 0 Å². The van der Waals surface area contributed by atoms with Crippen LogP contribution in [0.2, 0.25) is 0 Å². The van der Waals surface area contributed by atoms with Crippen LogP contribution in [0, 0.1) is 0 Å². The number of rotatable bonds is 7. The molecule has 0 radical (unpaired) electrons. The van der Waals surface area contributed by atoms with Gasteiger partial charge in [0.2, 0.25) is 0 Å². The van der Waals surface area contributed by atoms with E-state index in [1.165, 1.54) is 5.56 Å². The largest absolute Gasteiger partial charge is 0.497 e. The number of hydrogen-bond donors (Lipinski definition) is 2. The predicted molar refractivity (Wildman–Crippen MR) is 121 cm³/mol. The second-order valence-electron chi connectivity index (χ2n) is 6.92. The van der Waals surface area contributed by atoms with E-state index in [0.717, 1.165) is 35.8 Å². The van der Waals surface area contributed by atoms with E-state index in [4.69, 9.17) is 10.5 Å². The number of thiazole rings is 1. The number of hydrogen-bond acceptors (Lipinski definition) is 4. The highest BCUT2D eigenvalue weighted by molar-refractivity contribution is 14.0. The van der Waals surface area contributed by atoms with Gasteiger partial charge in [0, 0.05) is 30.3 Å². The monoisotopic (exact) mass is 488 g/mol. The molecule has 0 aliphatic carbocycles. The summed E-state index contributed by atoms with van der Waals surface area (Å²) in [5.41, 5.74) is 8.40. The van der Waals surface area contributed by atoms with Gasteiger partial charge in [-0.05, 0) is 24.1 Å². The Morgan fingerprint density at radius 1 is 1.23 bits per heavy atom. The van der Waals surface area contributed by atoms with Crippen molar-refractivity contribution >= 4 is 41.3 Å². The summed E-state index contributed by atoms with van der Waals surface area (Å²) < 4.78 is 5.15. The van der Waals surface area contributed by atoms with Gasteiger partial charge in [0.15, 0.2) is 5.96 Å². The first kappa shape index (κ1) is 22.7. The van der Waals surface area contributed by atoms with E-state index >= 15 is 0 Å². The molecule has 1 heterocycles. The van der Waals surface area contributed by atoms with E-state index in [9.17, 15) is 0 Å².